The Balaban J connectivity index is 3.10. The summed E-state index contributed by atoms with van der Waals surface area (Å²) in [6.45, 7) is 4.32. The quantitative estimate of drug-likeness (QED) is 0.405. The van der Waals surface area contributed by atoms with E-state index in [-0.39, 0.29) is 0 Å². The Morgan fingerprint density at radius 1 is 1.50 bits per heavy atom. The normalized spacial score (nSPS) is 14.9. The Labute approximate surface area is 55.3 Å². The predicted molar refractivity (Wildman–Crippen MR) is 43.5 cm³/mol. The monoisotopic (exact) mass is 131 g/mol. The minimum Gasteiger partial charge on any atom is -0.0870 e. The van der Waals surface area contributed by atoms with Gasteiger partial charge >= 0.3 is 0 Å². The second-order valence-corrected chi connectivity index (χ2v) is 4.28. The number of rotatable bonds is 3. The van der Waals surface area contributed by atoms with Gasteiger partial charge in [-0.1, -0.05) is 6.08 Å². The second kappa shape index (κ2) is 5.23. The van der Waals surface area contributed by atoms with Crippen LogP contribution in [0.3, 0.4) is 0 Å². The van der Waals surface area contributed by atoms with Crippen LogP contribution in [0.25, 0.3) is 0 Å². The summed E-state index contributed by atoms with van der Waals surface area (Å²) < 4.78 is 0. The van der Waals surface area contributed by atoms with Crippen LogP contribution in [0.15, 0.2) is 12.2 Å². The van der Waals surface area contributed by atoms with Crippen LogP contribution >= 0.6 is 0 Å². The van der Waals surface area contributed by atoms with Gasteiger partial charge in [0, 0.05) is 0 Å². The molecule has 0 aromatic heterocycles. The first-order valence-corrected chi connectivity index (χ1v) is 4.98. The molecule has 8 heavy (non-hydrogen) atoms. The van der Waals surface area contributed by atoms with Crippen molar-refractivity contribution < 1.29 is 0 Å². The zero-order chi connectivity index (χ0) is 6.41. The molecule has 0 radical (unpaired) electrons. The topological polar surface area (TPSA) is 0 Å². The van der Waals surface area contributed by atoms with Gasteiger partial charge in [0.1, 0.15) is 11.5 Å². The summed E-state index contributed by atoms with van der Waals surface area (Å²) in [6.07, 6.45) is 6.67. The molecule has 0 heterocycles. The van der Waals surface area contributed by atoms with Gasteiger partial charge in [-0.3, -0.25) is 0 Å². The van der Waals surface area contributed by atoms with Gasteiger partial charge in [0.2, 0.25) is 0 Å². The standard InChI is InChI=1S/C7H15S/c1-4-6-7-8(3)5-2/h4,6H,5,7H2,1-3H3/q+1. The average molecular weight is 131 g/mol. The van der Waals surface area contributed by atoms with Crippen molar-refractivity contribution in [1.29, 1.82) is 0 Å². The first kappa shape index (κ1) is 8.09. The molecule has 0 aliphatic carbocycles. The fourth-order valence-corrected chi connectivity index (χ4v) is 1.14. The highest BCUT2D eigenvalue weighted by Gasteiger charge is 2.00. The van der Waals surface area contributed by atoms with Crippen LogP contribution in [0.2, 0.25) is 0 Å². The van der Waals surface area contributed by atoms with Crippen molar-refractivity contribution in [1.82, 2.24) is 0 Å². The van der Waals surface area contributed by atoms with Crippen LogP contribution in [-0.2, 0) is 10.9 Å². The first-order chi connectivity index (χ1) is 3.81. The lowest BCUT2D eigenvalue weighted by atomic mass is 10.6. The van der Waals surface area contributed by atoms with Crippen LogP contribution in [0.5, 0.6) is 0 Å². The van der Waals surface area contributed by atoms with Gasteiger partial charge < -0.3 is 0 Å². The summed E-state index contributed by atoms with van der Waals surface area (Å²) in [5, 5.41) is 0. The smallest absolute Gasteiger partial charge is 0.0870 e. The molecule has 1 unspecified atom stereocenters. The Morgan fingerprint density at radius 3 is 2.50 bits per heavy atom. The van der Waals surface area contributed by atoms with Crippen molar-refractivity contribution in [2.45, 2.75) is 13.8 Å². The molecule has 48 valence electrons. The highest BCUT2D eigenvalue weighted by atomic mass is 32.2. The maximum Gasteiger partial charge on any atom is 0.126 e. The van der Waals surface area contributed by atoms with E-state index in [2.05, 4.69) is 32.3 Å². The van der Waals surface area contributed by atoms with Gasteiger partial charge in [0.15, 0.2) is 0 Å². The van der Waals surface area contributed by atoms with E-state index >= 15 is 0 Å². The Kier molecular flexibility index (Phi) is 5.29. The summed E-state index contributed by atoms with van der Waals surface area (Å²) in [5.74, 6) is 2.59. The van der Waals surface area contributed by atoms with E-state index in [9.17, 15) is 0 Å². The number of hydrogen-bond acceptors (Lipinski definition) is 0. The van der Waals surface area contributed by atoms with Gasteiger partial charge in [-0.25, -0.2) is 0 Å². The van der Waals surface area contributed by atoms with Crippen LogP contribution in [0.1, 0.15) is 13.8 Å². The maximum absolute atomic E-state index is 2.31. The summed E-state index contributed by atoms with van der Waals surface area (Å²) in [7, 11) is 0.636. The molecule has 0 aliphatic heterocycles. The molecule has 0 spiro atoms. The highest BCUT2D eigenvalue weighted by molar-refractivity contribution is 7.96. The zero-order valence-electron chi connectivity index (χ0n) is 5.98. The Bertz CT molecular complexity index is 66.8. The first-order valence-electron chi connectivity index (χ1n) is 3.01. The van der Waals surface area contributed by atoms with Crippen molar-refractivity contribution in [3.8, 4) is 0 Å². The molecule has 0 fully saturated rings. The SMILES string of the molecule is CC=CC[S+](C)CC. The van der Waals surface area contributed by atoms with E-state index < -0.39 is 0 Å². The van der Waals surface area contributed by atoms with Crippen molar-refractivity contribution >= 4 is 10.9 Å². The third-order valence-corrected chi connectivity index (χ3v) is 2.86. The van der Waals surface area contributed by atoms with Gasteiger partial charge in [-0.05, 0) is 30.8 Å². The predicted octanol–water partition coefficient (Wildman–Crippen LogP) is 1.83. The lowest BCUT2D eigenvalue weighted by molar-refractivity contribution is 1.48. The van der Waals surface area contributed by atoms with Crippen molar-refractivity contribution in [3.05, 3.63) is 12.2 Å². The molecule has 0 rings (SSSR count). The molecular weight excluding hydrogens is 116 g/mol. The van der Waals surface area contributed by atoms with E-state index in [0.29, 0.717) is 10.9 Å². The summed E-state index contributed by atoms with van der Waals surface area (Å²) in [4.78, 5) is 0. The van der Waals surface area contributed by atoms with Gasteiger partial charge in [0.05, 0.1) is 6.26 Å². The summed E-state index contributed by atoms with van der Waals surface area (Å²) >= 11 is 0. The van der Waals surface area contributed by atoms with Crippen molar-refractivity contribution in [2.24, 2.45) is 0 Å². The van der Waals surface area contributed by atoms with E-state index in [1.54, 1.807) is 0 Å². The highest BCUT2D eigenvalue weighted by Crippen LogP contribution is 1.89. The fraction of sp³-hybridized carbons (Fsp3) is 0.714. The van der Waals surface area contributed by atoms with Gasteiger partial charge in [0.25, 0.3) is 0 Å². The third kappa shape index (κ3) is 4.25. The molecular formula is C7H15S+. The second-order valence-electron chi connectivity index (χ2n) is 1.81. The molecule has 0 amide bonds. The molecule has 0 aromatic rings. The number of allylic oxidation sites excluding steroid dienone is 1. The minimum atomic E-state index is 0.636. The van der Waals surface area contributed by atoms with Crippen LogP contribution < -0.4 is 0 Å². The summed E-state index contributed by atoms with van der Waals surface area (Å²) in [5.41, 5.74) is 0. The van der Waals surface area contributed by atoms with E-state index in [1.165, 1.54) is 11.5 Å². The maximum atomic E-state index is 2.31. The van der Waals surface area contributed by atoms with Crippen LogP contribution in [0, 0.1) is 0 Å². The lowest BCUT2D eigenvalue weighted by Gasteiger charge is -1.91. The van der Waals surface area contributed by atoms with Crippen molar-refractivity contribution in [3.63, 3.8) is 0 Å². The van der Waals surface area contributed by atoms with Gasteiger partial charge in [-0.15, -0.1) is 0 Å². The zero-order valence-corrected chi connectivity index (χ0v) is 6.79. The number of hydrogen-bond donors (Lipinski definition) is 0. The lowest BCUT2D eigenvalue weighted by Crippen LogP contribution is -2.04. The molecule has 1 atom stereocenters. The van der Waals surface area contributed by atoms with E-state index in [4.69, 9.17) is 0 Å². The fourth-order valence-electron chi connectivity index (χ4n) is 0.378. The Morgan fingerprint density at radius 2 is 2.12 bits per heavy atom. The molecule has 0 bridgehead atoms. The molecule has 0 saturated heterocycles. The van der Waals surface area contributed by atoms with Crippen LogP contribution in [0.4, 0.5) is 0 Å². The Hall–Kier alpha value is 0.0900. The van der Waals surface area contributed by atoms with E-state index in [0.717, 1.165) is 0 Å². The molecule has 0 saturated carbocycles. The van der Waals surface area contributed by atoms with Crippen molar-refractivity contribution in [2.75, 3.05) is 17.8 Å². The molecule has 0 nitrogen and oxygen atoms in total. The van der Waals surface area contributed by atoms with E-state index in [1.807, 2.05) is 0 Å². The molecule has 0 aliphatic rings. The average Bonchev–Trinajstić information content (AvgIpc) is 1.83. The molecule has 1 heteroatoms. The van der Waals surface area contributed by atoms with Crippen LogP contribution in [-0.4, -0.2) is 17.8 Å². The largest absolute Gasteiger partial charge is 0.126 e. The summed E-state index contributed by atoms with van der Waals surface area (Å²) in [6, 6.07) is 0. The molecule has 0 N–H and O–H groups in total. The molecule has 0 aromatic carbocycles. The van der Waals surface area contributed by atoms with Gasteiger partial charge in [-0.2, -0.15) is 0 Å². The minimum absolute atomic E-state index is 0.636. The third-order valence-electron chi connectivity index (χ3n) is 1.11.